The lowest BCUT2D eigenvalue weighted by Crippen LogP contribution is -2.36. The number of carbonyl (C=O) groups excluding carboxylic acids is 2. The molecule has 0 spiro atoms. The number of nitrogens with one attached hydrogen (secondary N) is 2. The number of hydrogen-bond donors (Lipinski definition) is 3. The second-order valence-corrected chi connectivity index (χ2v) is 9.00. The number of esters is 2. The van der Waals surface area contributed by atoms with Crippen molar-refractivity contribution in [2.45, 2.75) is 19.8 Å². The van der Waals surface area contributed by atoms with E-state index in [-0.39, 0.29) is 47.6 Å². The SMILES string of the molecule is CCOC(=O)C1=C(COCCNS(N)(=O)=O)NC(C)=C(C(=O)OC)C1c1cccc(Cl)c1Cl. The summed E-state index contributed by atoms with van der Waals surface area (Å²) < 4.78 is 39.8. The zero-order chi connectivity index (χ0) is 24.8. The number of carbonyl (C=O) groups is 2. The minimum absolute atomic E-state index is 0.0348. The standard InChI is InChI=1S/C20H25Cl2N3O7S/c1-4-32-20(27)17-14(10-31-9-8-24-33(23,28)29)25-11(2)15(19(26)30-3)16(17)12-6-5-7-13(21)18(12)22/h5-7,16,24-25H,4,8-10H2,1-3H3,(H2,23,28,29). The molecule has 2 rings (SSSR count). The highest BCUT2D eigenvalue weighted by Crippen LogP contribution is 2.43. The molecule has 1 atom stereocenters. The van der Waals surface area contributed by atoms with Crippen LogP contribution in [0.15, 0.2) is 40.7 Å². The Morgan fingerprint density at radius 1 is 1.21 bits per heavy atom. The Morgan fingerprint density at radius 2 is 1.91 bits per heavy atom. The van der Waals surface area contributed by atoms with Gasteiger partial charge in [-0.25, -0.2) is 19.5 Å². The minimum Gasteiger partial charge on any atom is -0.466 e. The number of benzene rings is 1. The number of hydrogen-bond acceptors (Lipinski definition) is 8. The van der Waals surface area contributed by atoms with E-state index in [0.717, 1.165) is 0 Å². The van der Waals surface area contributed by atoms with Gasteiger partial charge in [0.1, 0.15) is 0 Å². The van der Waals surface area contributed by atoms with Crippen molar-refractivity contribution in [1.82, 2.24) is 10.0 Å². The summed E-state index contributed by atoms with van der Waals surface area (Å²) in [5, 5.41) is 8.30. The highest BCUT2D eigenvalue weighted by Gasteiger charge is 2.40. The third-order valence-corrected chi connectivity index (χ3v) is 6.07. The lowest BCUT2D eigenvalue weighted by molar-refractivity contribution is -0.139. The van der Waals surface area contributed by atoms with Crippen LogP contribution in [0.5, 0.6) is 0 Å². The molecule has 0 amide bonds. The van der Waals surface area contributed by atoms with Crippen molar-refractivity contribution in [3.63, 3.8) is 0 Å². The summed E-state index contributed by atoms with van der Waals surface area (Å²) in [5.74, 6) is -2.31. The first-order valence-corrected chi connectivity index (χ1v) is 12.1. The van der Waals surface area contributed by atoms with Gasteiger partial charge in [0.15, 0.2) is 0 Å². The average Bonchev–Trinajstić information content (AvgIpc) is 2.73. The van der Waals surface area contributed by atoms with Crippen molar-refractivity contribution in [3.8, 4) is 0 Å². The highest BCUT2D eigenvalue weighted by atomic mass is 35.5. The molecule has 0 saturated carbocycles. The maximum atomic E-state index is 13.0. The number of dihydropyridines is 1. The number of ether oxygens (including phenoxy) is 3. The molecule has 33 heavy (non-hydrogen) atoms. The van der Waals surface area contributed by atoms with Crippen LogP contribution in [0, 0.1) is 0 Å². The van der Waals surface area contributed by atoms with Crippen LogP contribution in [-0.2, 0) is 34.0 Å². The third-order valence-electron chi connectivity index (χ3n) is 4.63. The molecule has 0 aromatic heterocycles. The predicted octanol–water partition coefficient (Wildman–Crippen LogP) is 1.75. The molecule has 0 saturated heterocycles. The monoisotopic (exact) mass is 521 g/mol. The number of halogens is 2. The third kappa shape index (κ3) is 6.92. The second-order valence-electron chi connectivity index (χ2n) is 6.84. The van der Waals surface area contributed by atoms with E-state index in [9.17, 15) is 18.0 Å². The second kappa shape index (κ2) is 11.8. The van der Waals surface area contributed by atoms with E-state index in [2.05, 4.69) is 10.0 Å². The fraction of sp³-hybridized carbons (Fsp3) is 0.400. The Labute approximate surface area is 202 Å². The zero-order valence-corrected chi connectivity index (χ0v) is 20.6. The smallest absolute Gasteiger partial charge is 0.336 e. The molecule has 0 radical (unpaired) electrons. The van der Waals surface area contributed by atoms with Crippen LogP contribution in [-0.4, -0.2) is 53.8 Å². The highest BCUT2D eigenvalue weighted by molar-refractivity contribution is 7.87. The van der Waals surface area contributed by atoms with Crippen LogP contribution < -0.4 is 15.2 Å². The molecule has 1 heterocycles. The Balaban J connectivity index is 2.55. The Morgan fingerprint density at radius 3 is 2.52 bits per heavy atom. The van der Waals surface area contributed by atoms with E-state index < -0.39 is 28.1 Å². The Bertz CT molecular complexity index is 1090. The summed E-state index contributed by atoms with van der Waals surface area (Å²) in [5.41, 5.74) is 1.38. The number of methoxy groups -OCH3 is 1. The number of nitrogens with two attached hydrogens (primary N) is 1. The molecule has 1 aliphatic heterocycles. The summed E-state index contributed by atoms with van der Waals surface area (Å²) in [6.07, 6.45) is 0. The van der Waals surface area contributed by atoms with Crippen molar-refractivity contribution >= 4 is 45.3 Å². The molecule has 4 N–H and O–H groups in total. The molecule has 1 unspecified atom stereocenters. The maximum Gasteiger partial charge on any atom is 0.336 e. The molecule has 182 valence electrons. The summed E-state index contributed by atoms with van der Waals surface area (Å²) in [6.45, 7) is 3.14. The lowest BCUT2D eigenvalue weighted by atomic mass is 9.80. The molecule has 1 aromatic rings. The zero-order valence-electron chi connectivity index (χ0n) is 18.2. The first-order chi connectivity index (χ1) is 15.5. The van der Waals surface area contributed by atoms with E-state index in [0.29, 0.717) is 17.0 Å². The fourth-order valence-electron chi connectivity index (χ4n) is 3.33. The van der Waals surface area contributed by atoms with Gasteiger partial charge in [0.2, 0.25) is 0 Å². The van der Waals surface area contributed by atoms with E-state index in [1.54, 1.807) is 32.0 Å². The van der Waals surface area contributed by atoms with Crippen LogP contribution in [0.4, 0.5) is 0 Å². The topological polar surface area (TPSA) is 146 Å². The molecular formula is C20H25Cl2N3O7S. The fourth-order valence-corrected chi connectivity index (χ4v) is 4.11. The van der Waals surface area contributed by atoms with Gasteiger partial charge >= 0.3 is 11.9 Å². The average molecular weight is 522 g/mol. The van der Waals surface area contributed by atoms with Crippen molar-refractivity contribution < 1.29 is 32.2 Å². The summed E-state index contributed by atoms with van der Waals surface area (Å²) in [6, 6.07) is 4.88. The first-order valence-electron chi connectivity index (χ1n) is 9.77. The van der Waals surface area contributed by atoms with Gasteiger partial charge in [0, 0.05) is 12.2 Å². The predicted molar refractivity (Wildman–Crippen MR) is 123 cm³/mol. The van der Waals surface area contributed by atoms with Crippen LogP contribution in [0.3, 0.4) is 0 Å². The molecule has 1 aromatic carbocycles. The van der Waals surface area contributed by atoms with Crippen molar-refractivity contribution in [2.24, 2.45) is 5.14 Å². The molecule has 0 bridgehead atoms. The number of rotatable bonds is 10. The van der Waals surface area contributed by atoms with Gasteiger partial charge in [-0.2, -0.15) is 8.42 Å². The Kier molecular flexibility index (Phi) is 9.70. The molecule has 0 aliphatic carbocycles. The summed E-state index contributed by atoms with van der Waals surface area (Å²) >= 11 is 12.7. The van der Waals surface area contributed by atoms with Crippen LogP contribution in [0.25, 0.3) is 0 Å². The van der Waals surface area contributed by atoms with Crippen LogP contribution in [0.1, 0.15) is 25.3 Å². The quantitative estimate of drug-likeness (QED) is 0.311. The van der Waals surface area contributed by atoms with Gasteiger partial charge in [0.25, 0.3) is 10.2 Å². The minimum atomic E-state index is -3.86. The first kappa shape index (κ1) is 27.1. The molecule has 10 nitrogen and oxygen atoms in total. The van der Waals surface area contributed by atoms with Gasteiger partial charge < -0.3 is 19.5 Å². The molecule has 1 aliphatic rings. The number of allylic oxidation sites excluding steroid dienone is 1. The van der Waals surface area contributed by atoms with Crippen molar-refractivity contribution in [1.29, 1.82) is 0 Å². The largest absolute Gasteiger partial charge is 0.466 e. The van der Waals surface area contributed by atoms with Crippen molar-refractivity contribution in [3.05, 3.63) is 56.3 Å². The van der Waals surface area contributed by atoms with Crippen LogP contribution >= 0.6 is 23.2 Å². The van der Waals surface area contributed by atoms with Gasteiger partial charge in [-0.05, 0) is 25.5 Å². The van der Waals surface area contributed by atoms with Crippen LogP contribution in [0.2, 0.25) is 10.0 Å². The Hall–Kier alpha value is -2.15. The van der Waals surface area contributed by atoms with E-state index in [4.69, 9.17) is 42.6 Å². The van der Waals surface area contributed by atoms with Gasteiger partial charge in [-0.15, -0.1) is 0 Å². The summed E-state index contributed by atoms with van der Waals surface area (Å²) in [7, 11) is -2.63. The lowest BCUT2D eigenvalue weighted by Gasteiger charge is -2.31. The molecular weight excluding hydrogens is 497 g/mol. The normalized spacial score (nSPS) is 16.5. The van der Waals surface area contributed by atoms with E-state index >= 15 is 0 Å². The van der Waals surface area contributed by atoms with E-state index in [1.807, 2.05) is 0 Å². The molecule has 13 heteroatoms. The van der Waals surface area contributed by atoms with E-state index in [1.165, 1.54) is 7.11 Å². The molecule has 0 fully saturated rings. The van der Waals surface area contributed by atoms with Gasteiger partial charge in [-0.3, -0.25) is 0 Å². The summed E-state index contributed by atoms with van der Waals surface area (Å²) in [4.78, 5) is 25.7. The van der Waals surface area contributed by atoms with Gasteiger partial charge in [0.05, 0.1) is 59.7 Å². The van der Waals surface area contributed by atoms with Gasteiger partial charge in [-0.1, -0.05) is 35.3 Å². The van der Waals surface area contributed by atoms with Crippen molar-refractivity contribution in [2.75, 3.05) is 33.5 Å². The maximum absolute atomic E-state index is 13.0.